The van der Waals surface area contributed by atoms with E-state index in [0.29, 0.717) is 5.57 Å². The Morgan fingerprint density at radius 1 is 1.45 bits per heavy atom. The molecule has 1 N–H and O–H groups in total. The average molecular weight is 306 g/mol. The van der Waals surface area contributed by atoms with Crippen LogP contribution in [0.1, 0.15) is 17.4 Å². The molecule has 1 amide bonds. The summed E-state index contributed by atoms with van der Waals surface area (Å²) in [5.41, 5.74) is -0.224. The number of carbonyl (C=O) groups is 2. The molecule has 22 heavy (non-hydrogen) atoms. The fraction of sp³-hybridized carbons (Fsp3) is 0.333. The summed E-state index contributed by atoms with van der Waals surface area (Å²) in [5.74, 6) is -1.08. The van der Waals surface area contributed by atoms with Gasteiger partial charge in [0.1, 0.15) is 12.9 Å². The van der Waals surface area contributed by atoms with Crippen molar-refractivity contribution in [1.29, 1.82) is 0 Å². The van der Waals surface area contributed by atoms with Gasteiger partial charge in [-0.25, -0.2) is 19.0 Å². The van der Waals surface area contributed by atoms with Gasteiger partial charge in [0.05, 0.1) is 6.54 Å². The van der Waals surface area contributed by atoms with Crippen LogP contribution in [0.5, 0.6) is 0 Å². The molecule has 0 spiro atoms. The minimum Gasteiger partial charge on any atom is -0.459 e. The number of aryl methyl sites for hydroxylation is 1. The maximum Gasteiger partial charge on any atom is 0.361 e. The fourth-order valence-corrected chi connectivity index (χ4v) is 1.55. The van der Waals surface area contributed by atoms with Crippen molar-refractivity contribution in [3.8, 4) is 0 Å². The van der Waals surface area contributed by atoms with E-state index in [4.69, 9.17) is 4.74 Å². The van der Waals surface area contributed by atoms with Crippen LogP contribution in [0.25, 0.3) is 5.65 Å². The van der Waals surface area contributed by atoms with Crippen LogP contribution in [0.4, 0.5) is 0 Å². The van der Waals surface area contributed by atoms with Crippen LogP contribution in [0, 0.1) is 0 Å². The van der Waals surface area contributed by atoms with Gasteiger partial charge in [0.25, 0.3) is 0 Å². The van der Waals surface area contributed by atoms with E-state index in [1.54, 1.807) is 6.92 Å². The standard InChI is InChI=1S/C12H14N6O4/c1-7(2)10(19)13-4-5-22-11(20)8-9-15-16-17(3)12(21)18(9)6-14-8/h6H,1,4-5H2,2-3H3,(H,13,19). The van der Waals surface area contributed by atoms with Crippen molar-refractivity contribution in [1.82, 2.24) is 29.7 Å². The summed E-state index contributed by atoms with van der Waals surface area (Å²) >= 11 is 0. The monoisotopic (exact) mass is 306 g/mol. The number of hydrogen-bond acceptors (Lipinski definition) is 7. The van der Waals surface area contributed by atoms with Gasteiger partial charge in [-0.05, 0) is 6.92 Å². The van der Waals surface area contributed by atoms with Crippen LogP contribution in [0.3, 0.4) is 0 Å². The quantitative estimate of drug-likeness (QED) is 0.413. The predicted octanol–water partition coefficient (Wildman–Crippen LogP) is -1.33. The van der Waals surface area contributed by atoms with Gasteiger partial charge < -0.3 is 10.1 Å². The molecule has 0 radical (unpaired) electrons. The van der Waals surface area contributed by atoms with Crippen molar-refractivity contribution in [3.05, 3.63) is 34.7 Å². The number of aromatic nitrogens is 5. The molecule has 0 aromatic carbocycles. The molecule has 0 aliphatic heterocycles. The van der Waals surface area contributed by atoms with Crippen molar-refractivity contribution in [2.75, 3.05) is 13.2 Å². The zero-order valence-electron chi connectivity index (χ0n) is 12.1. The molecule has 0 fully saturated rings. The Balaban J connectivity index is 2.02. The summed E-state index contributed by atoms with van der Waals surface area (Å²) in [4.78, 5) is 38.7. The summed E-state index contributed by atoms with van der Waals surface area (Å²) < 4.78 is 7.06. The lowest BCUT2D eigenvalue weighted by Gasteiger charge is -2.05. The summed E-state index contributed by atoms with van der Waals surface area (Å²) in [7, 11) is 1.43. The Hall–Kier alpha value is -3.04. The largest absolute Gasteiger partial charge is 0.459 e. The maximum absolute atomic E-state index is 11.9. The zero-order chi connectivity index (χ0) is 16.3. The first-order valence-corrected chi connectivity index (χ1v) is 6.29. The number of rotatable bonds is 5. The van der Waals surface area contributed by atoms with Gasteiger partial charge in [-0.3, -0.25) is 4.79 Å². The predicted molar refractivity (Wildman–Crippen MR) is 74.1 cm³/mol. The molecule has 2 aromatic heterocycles. The molecule has 0 atom stereocenters. The number of esters is 1. The summed E-state index contributed by atoms with van der Waals surface area (Å²) in [6.45, 7) is 5.14. The van der Waals surface area contributed by atoms with Crippen LogP contribution < -0.4 is 11.0 Å². The topological polar surface area (TPSA) is 120 Å². The van der Waals surface area contributed by atoms with E-state index in [0.717, 1.165) is 9.08 Å². The number of amides is 1. The molecule has 2 rings (SSSR count). The maximum atomic E-state index is 11.9. The van der Waals surface area contributed by atoms with E-state index in [-0.39, 0.29) is 30.4 Å². The van der Waals surface area contributed by atoms with E-state index < -0.39 is 11.7 Å². The number of nitrogens with one attached hydrogen (secondary N) is 1. The first kappa shape index (κ1) is 15.4. The third-order valence-corrected chi connectivity index (χ3v) is 2.70. The first-order valence-electron chi connectivity index (χ1n) is 6.29. The highest BCUT2D eigenvalue weighted by atomic mass is 16.5. The lowest BCUT2D eigenvalue weighted by atomic mass is 10.3. The average Bonchev–Trinajstić information content (AvgIpc) is 2.91. The van der Waals surface area contributed by atoms with Crippen LogP contribution in [0.15, 0.2) is 23.3 Å². The number of hydrogen-bond donors (Lipinski definition) is 1. The number of nitrogens with zero attached hydrogens (tertiary/aromatic N) is 5. The summed E-state index contributed by atoms with van der Waals surface area (Å²) in [6.07, 6.45) is 1.17. The van der Waals surface area contributed by atoms with Crippen molar-refractivity contribution >= 4 is 17.5 Å². The van der Waals surface area contributed by atoms with Crippen LogP contribution >= 0.6 is 0 Å². The Kier molecular flexibility index (Phi) is 4.30. The zero-order valence-corrected chi connectivity index (χ0v) is 12.1. The third kappa shape index (κ3) is 3.00. The highest BCUT2D eigenvalue weighted by molar-refractivity contribution is 5.93. The normalized spacial score (nSPS) is 10.5. The minimum atomic E-state index is -0.755. The SMILES string of the molecule is C=C(C)C(=O)NCCOC(=O)c1ncn2c(=O)n(C)nnc12. The molecule has 2 aromatic rings. The molecule has 0 saturated heterocycles. The van der Waals surface area contributed by atoms with E-state index in [9.17, 15) is 14.4 Å². The second kappa shape index (κ2) is 6.16. The summed E-state index contributed by atoms with van der Waals surface area (Å²) in [6, 6.07) is 0. The van der Waals surface area contributed by atoms with E-state index in [1.165, 1.54) is 13.4 Å². The second-order valence-electron chi connectivity index (χ2n) is 4.45. The van der Waals surface area contributed by atoms with Gasteiger partial charge in [0.15, 0.2) is 11.3 Å². The van der Waals surface area contributed by atoms with Gasteiger partial charge in [-0.15, -0.1) is 5.10 Å². The molecule has 2 heterocycles. The number of imidazole rings is 1. The smallest absolute Gasteiger partial charge is 0.361 e. The number of carbonyl (C=O) groups excluding carboxylic acids is 2. The molecule has 0 aliphatic carbocycles. The molecule has 116 valence electrons. The Bertz CT molecular complexity index is 806. The molecule has 10 nitrogen and oxygen atoms in total. The van der Waals surface area contributed by atoms with E-state index >= 15 is 0 Å². The van der Waals surface area contributed by atoms with Gasteiger partial charge >= 0.3 is 11.7 Å². The Labute approximate surface area is 124 Å². The lowest BCUT2D eigenvalue weighted by molar-refractivity contribution is -0.117. The van der Waals surface area contributed by atoms with Crippen molar-refractivity contribution in [2.24, 2.45) is 7.05 Å². The lowest BCUT2D eigenvalue weighted by Crippen LogP contribution is -2.29. The number of fused-ring (bicyclic) bond motifs is 1. The van der Waals surface area contributed by atoms with Crippen molar-refractivity contribution in [2.45, 2.75) is 6.92 Å². The van der Waals surface area contributed by atoms with Crippen LogP contribution in [-0.2, 0) is 16.6 Å². The first-order chi connectivity index (χ1) is 10.4. The Morgan fingerprint density at radius 3 is 2.86 bits per heavy atom. The van der Waals surface area contributed by atoms with Gasteiger partial charge in [0.2, 0.25) is 5.91 Å². The Morgan fingerprint density at radius 2 is 2.18 bits per heavy atom. The van der Waals surface area contributed by atoms with Crippen LogP contribution in [0.2, 0.25) is 0 Å². The molecular weight excluding hydrogens is 292 g/mol. The highest BCUT2D eigenvalue weighted by Crippen LogP contribution is 2.04. The van der Waals surface area contributed by atoms with Gasteiger partial charge in [-0.1, -0.05) is 11.8 Å². The molecule has 0 bridgehead atoms. The molecule has 10 heteroatoms. The highest BCUT2D eigenvalue weighted by Gasteiger charge is 2.18. The summed E-state index contributed by atoms with van der Waals surface area (Å²) in [5, 5.41) is 9.83. The fourth-order valence-electron chi connectivity index (χ4n) is 1.55. The number of ether oxygens (including phenoxy) is 1. The molecular formula is C12H14N6O4. The molecule has 0 saturated carbocycles. The molecule has 0 unspecified atom stereocenters. The van der Waals surface area contributed by atoms with Crippen molar-refractivity contribution in [3.63, 3.8) is 0 Å². The third-order valence-electron chi connectivity index (χ3n) is 2.70. The minimum absolute atomic E-state index is 0.0130. The van der Waals surface area contributed by atoms with E-state index in [1.807, 2.05) is 0 Å². The van der Waals surface area contributed by atoms with E-state index in [2.05, 4.69) is 27.2 Å². The van der Waals surface area contributed by atoms with Gasteiger partial charge in [-0.2, -0.15) is 4.68 Å². The van der Waals surface area contributed by atoms with Gasteiger partial charge in [0, 0.05) is 12.6 Å². The molecule has 0 aliphatic rings. The second-order valence-corrected chi connectivity index (χ2v) is 4.45. The van der Waals surface area contributed by atoms with Crippen LogP contribution in [-0.4, -0.2) is 49.4 Å². The van der Waals surface area contributed by atoms with Crippen molar-refractivity contribution < 1.29 is 14.3 Å².